The average molecular weight is 430 g/mol. The molecule has 10 heteroatoms. The zero-order valence-electron chi connectivity index (χ0n) is 15.8. The third-order valence-corrected chi connectivity index (χ3v) is 5.93. The minimum absolute atomic E-state index is 0.00307. The van der Waals surface area contributed by atoms with Gasteiger partial charge in [0, 0.05) is 5.38 Å². The second kappa shape index (κ2) is 7.47. The van der Waals surface area contributed by atoms with Crippen molar-refractivity contribution in [2.24, 2.45) is 5.14 Å². The number of para-hydroxylation sites is 2. The molecule has 4 rings (SSSR count). The predicted octanol–water partition coefficient (Wildman–Crippen LogP) is 3.58. The number of sulfonamides is 1. The molecule has 2 aromatic heterocycles. The monoisotopic (exact) mass is 429 g/mol. The van der Waals surface area contributed by atoms with Crippen LogP contribution in [0.15, 0.2) is 52.7 Å². The van der Waals surface area contributed by atoms with E-state index in [-0.39, 0.29) is 4.90 Å². The zero-order valence-corrected chi connectivity index (χ0v) is 17.4. The number of primary sulfonamides is 1. The second-order valence-electron chi connectivity index (χ2n) is 6.25. The number of aryl methyl sites for hydroxylation is 1. The van der Waals surface area contributed by atoms with Gasteiger partial charge in [0.2, 0.25) is 10.0 Å². The number of thiazole rings is 1. The SMILES string of the molecule is CCOc1ccc(S(N)(=O)=O)cc1Nc1nc(-n2c(C)nc3ccccc32)cs1. The summed E-state index contributed by atoms with van der Waals surface area (Å²) < 4.78 is 31.0. The Kier molecular flexibility index (Phi) is 4.99. The number of aromatic nitrogens is 3. The normalized spacial score (nSPS) is 11.7. The van der Waals surface area contributed by atoms with Gasteiger partial charge in [-0.2, -0.15) is 0 Å². The van der Waals surface area contributed by atoms with Crippen molar-refractivity contribution < 1.29 is 13.2 Å². The topological polar surface area (TPSA) is 112 Å². The molecule has 3 N–H and O–H groups in total. The number of rotatable bonds is 6. The maximum Gasteiger partial charge on any atom is 0.238 e. The number of benzene rings is 2. The highest BCUT2D eigenvalue weighted by Gasteiger charge is 2.15. The molecule has 0 bridgehead atoms. The Morgan fingerprint density at radius 1 is 1.21 bits per heavy atom. The van der Waals surface area contributed by atoms with Crippen LogP contribution in [0.1, 0.15) is 12.7 Å². The Hall–Kier alpha value is -2.95. The van der Waals surface area contributed by atoms with Gasteiger partial charge in [0.1, 0.15) is 11.6 Å². The van der Waals surface area contributed by atoms with E-state index >= 15 is 0 Å². The van der Waals surface area contributed by atoms with Gasteiger partial charge in [-0.15, -0.1) is 11.3 Å². The number of imidazole rings is 1. The number of fused-ring (bicyclic) bond motifs is 1. The summed E-state index contributed by atoms with van der Waals surface area (Å²) in [5, 5.41) is 10.9. The van der Waals surface area contributed by atoms with Crippen LogP contribution < -0.4 is 15.2 Å². The van der Waals surface area contributed by atoms with Crippen LogP contribution in [0, 0.1) is 6.92 Å². The van der Waals surface area contributed by atoms with E-state index in [1.54, 1.807) is 6.07 Å². The fourth-order valence-electron chi connectivity index (χ4n) is 3.04. The maximum atomic E-state index is 11.7. The van der Waals surface area contributed by atoms with E-state index in [0.717, 1.165) is 22.7 Å². The Morgan fingerprint density at radius 2 is 2.00 bits per heavy atom. The van der Waals surface area contributed by atoms with Crippen molar-refractivity contribution in [2.75, 3.05) is 11.9 Å². The summed E-state index contributed by atoms with van der Waals surface area (Å²) in [4.78, 5) is 9.21. The standard InChI is InChI=1S/C19H19N5O3S2/c1-3-27-17-9-8-13(29(20,25)26)10-15(17)22-19-23-18(11-28-19)24-12(2)21-14-6-4-5-7-16(14)24/h4-11H,3H2,1-2H3,(H,22,23)(H2,20,25,26). The van der Waals surface area contributed by atoms with Crippen LogP contribution in [0.4, 0.5) is 10.8 Å². The molecule has 0 spiro atoms. The molecule has 2 aromatic carbocycles. The van der Waals surface area contributed by atoms with Crippen molar-refractivity contribution >= 4 is 43.2 Å². The fraction of sp³-hybridized carbons (Fsp3) is 0.158. The summed E-state index contributed by atoms with van der Waals surface area (Å²) in [7, 11) is -3.83. The van der Waals surface area contributed by atoms with E-state index in [9.17, 15) is 8.42 Å². The highest BCUT2D eigenvalue weighted by atomic mass is 32.2. The van der Waals surface area contributed by atoms with Crippen molar-refractivity contribution in [3.63, 3.8) is 0 Å². The van der Waals surface area contributed by atoms with Crippen molar-refractivity contribution in [3.05, 3.63) is 53.7 Å². The van der Waals surface area contributed by atoms with Gasteiger partial charge in [-0.25, -0.2) is 23.5 Å². The lowest BCUT2D eigenvalue weighted by Gasteiger charge is -2.12. The number of nitrogens with one attached hydrogen (secondary N) is 1. The van der Waals surface area contributed by atoms with Crippen LogP contribution in [-0.2, 0) is 10.0 Å². The van der Waals surface area contributed by atoms with Crippen LogP contribution >= 0.6 is 11.3 Å². The number of nitrogens with zero attached hydrogens (tertiary/aromatic N) is 3. The second-order valence-corrected chi connectivity index (χ2v) is 8.67. The molecule has 0 saturated heterocycles. The van der Waals surface area contributed by atoms with Crippen molar-refractivity contribution in [3.8, 4) is 11.6 Å². The molecule has 0 saturated carbocycles. The Balaban J connectivity index is 1.72. The van der Waals surface area contributed by atoms with E-state index in [4.69, 9.17) is 9.88 Å². The molecule has 29 heavy (non-hydrogen) atoms. The predicted molar refractivity (Wildman–Crippen MR) is 114 cm³/mol. The molecule has 0 unspecified atom stereocenters. The number of nitrogens with two attached hydrogens (primary N) is 1. The number of hydrogen-bond donors (Lipinski definition) is 2. The van der Waals surface area contributed by atoms with Crippen LogP contribution in [0.25, 0.3) is 16.9 Å². The van der Waals surface area contributed by atoms with Crippen LogP contribution in [0.3, 0.4) is 0 Å². The molecule has 2 heterocycles. The molecule has 4 aromatic rings. The van der Waals surface area contributed by atoms with E-state index in [1.807, 2.05) is 48.1 Å². The van der Waals surface area contributed by atoms with E-state index in [1.165, 1.54) is 23.5 Å². The summed E-state index contributed by atoms with van der Waals surface area (Å²) >= 11 is 1.39. The third kappa shape index (κ3) is 3.82. The van der Waals surface area contributed by atoms with Gasteiger partial charge in [0.15, 0.2) is 10.9 Å². The zero-order chi connectivity index (χ0) is 20.6. The summed E-state index contributed by atoms with van der Waals surface area (Å²) in [6.07, 6.45) is 0. The molecule has 0 amide bonds. The molecule has 0 aliphatic carbocycles. The van der Waals surface area contributed by atoms with Gasteiger partial charge in [-0.05, 0) is 44.2 Å². The van der Waals surface area contributed by atoms with Gasteiger partial charge in [-0.1, -0.05) is 12.1 Å². The summed E-state index contributed by atoms with van der Waals surface area (Å²) in [6.45, 7) is 4.22. The van der Waals surface area contributed by atoms with E-state index in [0.29, 0.717) is 23.2 Å². The first kappa shape index (κ1) is 19.4. The van der Waals surface area contributed by atoms with Crippen LogP contribution in [0.5, 0.6) is 5.75 Å². The minimum atomic E-state index is -3.83. The molecule has 0 fully saturated rings. The number of ether oxygens (including phenoxy) is 1. The van der Waals surface area contributed by atoms with Gasteiger partial charge in [0.25, 0.3) is 0 Å². The largest absolute Gasteiger partial charge is 0.492 e. The molecule has 0 atom stereocenters. The van der Waals surface area contributed by atoms with E-state index < -0.39 is 10.0 Å². The molecular formula is C19H19N5O3S2. The lowest BCUT2D eigenvalue weighted by Crippen LogP contribution is -2.12. The van der Waals surface area contributed by atoms with Crippen LogP contribution in [-0.4, -0.2) is 29.6 Å². The number of anilines is 2. The highest BCUT2D eigenvalue weighted by molar-refractivity contribution is 7.89. The minimum Gasteiger partial charge on any atom is -0.492 e. The van der Waals surface area contributed by atoms with Gasteiger partial charge < -0.3 is 10.1 Å². The molecule has 0 aliphatic rings. The van der Waals surface area contributed by atoms with Crippen molar-refractivity contribution in [1.29, 1.82) is 0 Å². The lowest BCUT2D eigenvalue weighted by atomic mass is 10.3. The van der Waals surface area contributed by atoms with Gasteiger partial charge >= 0.3 is 0 Å². The van der Waals surface area contributed by atoms with E-state index in [2.05, 4.69) is 15.3 Å². The third-order valence-electron chi connectivity index (χ3n) is 4.27. The smallest absolute Gasteiger partial charge is 0.238 e. The van der Waals surface area contributed by atoms with Crippen molar-refractivity contribution in [2.45, 2.75) is 18.7 Å². The Bertz CT molecular complexity index is 1290. The first-order valence-corrected chi connectivity index (χ1v) is 11.3. The lowest BCUT2D eigenvalue weighted by molar-refractivity contribution is 0.342. The summed E-state index contributed by atoms with van der Waals surface area (Å²) in [6, 6.07) is 12.3. The molecule has 0 aliphatic heterocycles. The molecule has 150 valence electrons. The van der Waals surface area contributed by atoms with Gasteiger partial charge in [0.05, 0.1) is 28.2 Å². The maximum absolute atomic E-state index is 11.7. The van der Waals surface area contributed by atoms with Crippen molar-refractivity contribution in [1.82, 2.24) is 14.5 Å². The highest BCUT2D eigenvalue weighted by Crippen LogP contribution is 2.32. The average Bonchev–Trinajstić information content (AvgIpc) is 3.25. The quantitative estimate of drug-likeness (QED) is 0.484. The Morgan fingerprint density at radius 3 is 2.76 bits per heavy atom. The molecular weight excluding hydrogens is 410 g/mol. The Labute approximate surface area is 172 Å². The summed E-state index contributed by atoms with van der Waals surface area (Å²) in [5.74, 6) is 2.07. The number of hydrogen-bond acceptors (Lipinski definition) is 7. The van der Waals surface area contributed by atoms with Gasteiger partial charge in [-0.3, -0.25) is 4.57 Å². The first-order chi connectivity index (χ1) is 13.9. The molecule has 8 nitrogen and oxygen atoms in total. The molecule has 0 radical (unpaired) electrons. The summed E-state index contributed by atoms with van der Waals surface area (Å²) in [5.41, 5.74) is 2.34. The van der Waals surface area contributed by atoms with Crippen LogP contribution in [0.2, 0.25) is 0 Å². The first-order valence-electron chi connectivity index (χ1n) is 8.83. The fourth-order valence-corrected chi connectivity index (χ4v) is 4.27.